The Morgan fingerprint density at radius 3 is 2.36 bits per heavy atom. The van der Waals surface area contributed by atoms with Crippen LogP contribution < -0.4 is 0 Å². The molecular formula is C22H34O6. The van der Waals surface area contributed by atoms with Crippen LogP contribution in [0, 0.1) is 0 Å². The Kier molecular flexibility index (Phi) is 12.4. The highest BCUT2D eigenvalue weighted by atomic mass is 16.5. The first kappa shape index (κ1) is 24.3. The van der Waals surface area contributed by atoms with Crippen LogP contribution in [0.2, 0.25) is 0 Å². The van der Waals surface area contributed by atoms with Crippen LogP contribution in [0.25, 0.3) is 0 Å². The number of rotatable bonds is 13. The van der Waals surface area contributed by atoms with Gasteiger partial charge in [0.1, 0.15) is 0 Å². The molecule has 0 saturated carbocycles. The lowest BCUT2D eigenvalue weighted by Gasteiger charge is -2.16. The van der Waals surface area contributed by atoms with E-state index in [4.69, 9.17) is 9.84 Å². The molecule has 1 aliphatic rings. The quantitative estimate of drug-likeness (QED) is 0.358. The largest absolute Gasteiger partial charge is 0.481 e. The van der Waals surface area contributed by atoms with Crippen molar-refractivity contribution in [1.82, 2.24) is 0 Å². The minimum absolute atomic E-state index is 0.160. The number of aliphatic carboxylic acids is 1. The molecule has 1 heterocycles. The molecule has 1 rings (SSSR count). The van der Waals surface area contributed by atoms with Gasteiger partial charge in [-0.05, 0) is 32.1 Å². The summed E-state index contributed by atoms with van der Waals surface area (Å²) in [5.41, 5.74) is 0. The Labute approximate surface area is 167 Å². The van der Waals surface area contributed by atoms with Crippen LogP contribution in [0.15, 0.2) is 48.6 Å². The van der Waals surface area contributed by atoms with Gasteiger partial charge in [-0.3, -0.25) is 4.79 Å². The Morgan fingerprint density at radius 1 is 1.07 bits per heavy atom. The van der Waals surface area contributed by atoms with Crippen molar-refractivity contribution in [2.45, 2.75) is 82.4 Å². The van der Waals surface area contributed by atoms with E-state index in [1.165, 1.54) is 6.08 Å². The summed E-state index contributed by atoms with van der Waals surface area (Å²) >= 11 is 0. The second-order valence-electron chi connectivity index (χ2n) is 6.92. The van der Waals surface area contributed by atoms with Crippen LogP contribution in [0.3, 0.4) is 0 Å². The summed E-state index contributed by atoms with van der Waals surface area (Å²) < 4.78 is 5.75. The molecule has 5 atom stereocenters. The molecule has 28 heavy (non-hydrogen) atoms. The van der Waals surface area contributed by atoms with Crippen molar-refractivity contribution in [3.8, 4) is 0 Å². The van der Waals surface area contributed by atoms with E-state index in [9.17, 15) is 20.1 Å². The topological polar surface area (TPSA) is 107 Å². The zero-order valence-corrected chi connectivity index (χ0v) is 16.6. The van der Waals surface area contributed by atoms with Gasteiger partial charge in [0.25, 0.3) is 0 Å². The van der Waals surface area contributed by atoms with Crippen LogP contribution >= 0.6 is 0 Å². The van der Waals surface area contributed by atoms with Crippen LogP contribution in [0.5, 0.6) is 0 Å². The van der Waals surface area contributed by atoms with E-state index < -0.39 is 30.4 Å². The zero-order valence-electron chi connectivity index (χ0n) is 16.6. The van der Waals surface area contributed by atoms with Gasteiger partial charge in [0.05, 0.1) is 30.5 Å². The Morgan fingerprint density at radius 2 is 1.71 bits per heavy atom. The van der Waals surface area contributed by atoms with Crippen molar-refractivity contribution >= 4 is 5.97 Å². The molecule has 1 aliphatic heterocycles. The number of hydrogen-bond donors (Lipinski definition) is 4. The van der Waals surface area contributed by atoms with E-state index in [1.807, 2.05) is 43.4 Å². The van der Waals surface area contributed by atoms with Crippen molar-refractivity contribution in [1.29, 1.82) is 0 Å². The van der Waals surface area contributed by atoms with E-state index in [0.717, 1.165) is 12.8 Å². The molecule has 0 aromatic rings. The van der Waals surface area contributed by atoms with Crippen LogP contribution in [0.1, 0.15) is 51.9 Å². The molecular weight excluding hydrogens is 360 g/mol. The number of hydrogen-bond acceptors (Lipinski definition) is 5. The molecule has 0 spiro atoms. The molecule has 0 bridgehead atoms. The summed E-state index contributed by atoms with van der Waals surface area (Å²) in [7, 11) is 0. The van der Waals surface area contributed by atoms with Crippen LogP contribution in [-0.4, -0.2) is 56.9 Å². The van der Waals surface area contributed by atoms with Crippen molar-refractivity contribution in [3.63, 3.8) is 0 Å². The fraction of sp³-hybridized carbons (Fsp3) is 0.591. The second-order valence-corrected chi connectivity index (χ2v) is 6.92. The molecule has 0 aromatic heterocycles. The molecule has 0 amide bonds. The van der Waals surface area contributed by atoms with E-state index in [2.05, 4.69) is 0 Å². The number of carboxylic acid groups (broad SMARTS) is 1. The van der Waals surface area contributed by atoms with Crippen molar-refractivity contribution in [3.05, 3.63) is 48.6 Å². The molecule has 0 radical (unpaired) electrons. The first-order valence-electron chi connectivity index (χ1n) is 9.98. The summed E-state index contributed by atoms with van der Waals surface area (Å²) in [6.07, 6.45) is 15.9. The minimum atomic E-state index is -0.837. The number of carbonyl (C=O) groups is 1. The number of ether oxygens (including phenoxy) is 1. The number of carboxylic acids is 1. The summed E-state index contributed by atoms with van der Waals surface area (Å²) in [6.45, 7) is 1.86. The van der Waals surface area contributed by atoms with Gasteiger partial charge in [-0.25, -0.2) is 0 Å². The first-order chi connectivity index (χ1) is 13.4. The maximum Gasteiger partial charge on any atom is 0.303 e. The Balaban J connectivity index is 2.23. The molecule has 4 N–H and O–H groups in total. The van der Waals surface area contributed by atoms with E-state index in [1.54, 1.807) is 6.08 Å². The van der Waals surface area contributed by atoms with Gasteiger partial charge in [-0.2, -0.15) is 0 Å². The third-order valence-corrected chi connectivity index (χ3v) is 4.52. The van der Waals surface area contributed by atoms with E-state index in [-0.39, 0.29) is 12.5 Å². The number of aliphatic hydroxyl groups excluding tert-OH is 3. The molecule has 1 fully saturated rings. The Bertz CT molecular complexity index is 551. The van der Waals surface area contributed by atoms with Crippen molar-refractivity contribution in [2.24, 2.45) is 0 Å². The maximum atomic E-state index is 10.4. The van der Waals surface area contributed by atoms with Gasteiger partial charge >= 0.3 is 5.97 Å². The van der Waals surface area contributed by atoms with Gasteiger partial charge in [0, 0.05) is 12.8 Å². The molecule has 6 heteroatoms. The average Bonchev–Trinajstić information content (AvgIpc) is 3.04. The highest BCUT2D eigenvalue weighted by Gasteiger charge is 2.36. The van der Waals surface area contributed by atoms with E-state index >= 15 is 0 Å². The summed E-state index contributed by atoms with van der Waals surface area (Å²) in [5.74, 6) is -0.783. The molecule has 0 unspecified atom stereocenters. The molecule has 1 saturated heterocycles. The minimum Gasteiger partial charge on any atom is -0.481 e. The normalized spacial score (nSPS) is 25.5. The second kappa shape index (κ2) is 14.3. The molecule has 6 nitrogen and oxygen atoms in total. The smallest absolute Gasteiger partial charge is 0.303 e. The zero-order chi connectivity index (χ0) is 20.8. The van der Waals surface area contributed by atoms with Crippen molar-refractivity contribution in [2.75, 3.05) is 0 Å². The predicted molar refractivity (Wildman–Crippen MR) is 109 cm³/mol. The van der Waals surface area contributed by atoms with Crippen LogP contribution in [0.4, 0.5) is 0 Å². The number of aliphatic hydroxyl groups is 3. The van der Waals surface area contributed by atoms with Gasteiger partial charge in [0.15, 0.2) is 0 Å². The SMILES string of the molecule is CC[C@H](O)/C=C/[C@H](O)[C@@H]1C[C@@H](O)[C@@H](C/C=C\C/C=C\C/C=C\CCC(=O)O)O1. The van der Waals surface area contributed by atoms with Gasteiger partial charge in [-0.1, -0.05) is 55.5 Å². The molecule has 0 aromatic carbocycles. The monoisotopic (exact) mass is 394 g/mol. The third kappa shape index (κ3) is 10.6. The highest BCUT2D eigenvalue weighted by Crippen LogP contribution is 2.26. The van der Waals surface area contributed by atoms with E-state index in [0.29, 0.717) is 25.7 Å². The standard InChI is InChI=1S/C22H34O6/c1-2-17(23)14-15-18(24)21-16-19(25)20(28-21)12-10-8-6-4-3-5-7-9-11-13-22(26)27/h3-4,7-10,14-15,17-21,23-25H,2,5-6,11-13,16H2,1H3,(H,26,27)/b4-3-,9-7-,10-8-,15-14+/t17-,18-,19+,20+,21-/m0/s1. The van der Waals surface area contributed by atoms with Crippen LogP contribution in [-0.2, 0) is 9.53 Å². The summed E-state index contributed by atoms with van der Waals surface area (Å²) in [5, 5.41) is 38.2. The Hall–Kier alpha value is -1.73. The highest BCUT2D eigenvalue weighted by molar-refractivity contribution is 5.66. The predicted octanol–water partition coefficient (Wildman–Crippen LogP) is 2.90. The van der Waals surface area contributed by atoms with Crippen molar-refractivity contribution < 1.29 is 30.0 Å². The van der Waals surface area contributed by atoms with Gasteiger partial charge in [-0.15, -0.1) is 0 Å². The lowest BCUT2D eigenvalue weighted by Crippen LogP contribution is -2.24. The lowest BCUT2D eigenvalue weighted by molar-refractivity contribution is -0.136. The number of allylic oxidation sites excluding steroid dienone is 5. The first-order valence-corrected chi connectivity index (χ1v) is 9.98. The lowest BCUT2D eigenvalue weighted by atomic mass is 10.0. The maximum absolute atomic E-state index is 10.4. The molecule has 158 valence electrons. The third-order valence-electron chi connectivity index (χ3n) is 4.52. The fourth-order valence-corrected chi connectivity index (χ4v) is 2.79. The summed E-state index contributed by atoms with van der Waals surface area (Å²) in [6, 6.07) is 0. The fourth-order valence-electron chi connectivity index (χ4n) is 2.79. The van der Waals surface area contributed by atoms with Gasteiger partial charge < -0.3 is 25.2 Å². The summed E-state index contributed by atoms with van der Waals surface area (Å²) in [4.78, 5) is 10.4. The molecule has 0 aliphatic carbocycles. The average molecular weight is 395 g/mol. The van der Waals surface area contributed by atoms with Gasteiger partial charge in [0.2, 0.25) is 0 Å².